The molecule has 1 aliphatic rings. The maximum absolute atomic E-state index is 11.5. The van der Waals surface area contributed by atoms with Crippen LogP contribution in [0.25, 0.3) is 0 Å². The predicted octanol–water partition coefficient (Wildman–Crippen LogP) is 0.189. The molecule has 1 rings (SSSR count). The molecule has 1 saturated heterocycles. The Morgan fingerprint density at radius 3 is 2.62 bits per heavy atom. The Morgan fingerprint density at radius 2 is 2.25 bits per heavy atom. The van der Waals surface area contributed by atoms with Crippen LogP contribution in [0.2, 0.25) is 0 Å². The third kappa shape index (κ3) is 3.37. The molecule has 6 nitrogen and oxygen atoms in total. The minimum atomic E-state index is -1.04. The van der Waals surface area contributed by atoms with E-state index in [1.165, 1.54) is 0 Å². The Kier molecular flexibility index (Phi) is 3.42. The van der Waals surface area contributed by atoms with Crippen LogP contribution in [-0.2, 0) is 14.3 Å². The second kappa shape index (κ2) is 4.29. The Bertz CT molecular complexity index is 296. The highest BCUT2D eigenvalue weighted by atomic mass is 16.6. The molecule has 1 atom stereocenters. The fourth-order valence-electron chi connectivity index (χ4n) is 1.34. The summed E-state index contributed by atoms with van der Waals surface area (Å²) in [5.41, 5.74) is -1.66. The molecule has 0 saturated carbocycles. The average molecular weight is 231 g/mol. The highest BCUT2D eigenvalue weighted by Crippen LogP contribution is 2.20. The van der Waals surface area contributed by atoms with Crippen LogP contribution in [0.5, 0.6) is 0 Å². The van der Waals surface area contributed by atoms with Gasteiger partial charge in [-0.3, -0.25) is 4.79 Å². The van der Waals surface area contributed by atoms with Gasteiger partial charge in [-0.2, -0.15) is 0 Å². The minimum absolute atomic E-state index is 0.0262. The van der Waals surface area contributed by atoms with E-state index in [0.29, 0.717) is 0 Å². The molecule has 0 bridgehead atoms. The monoisotopic (exact) mass is 231 g/mol. The number of hydrogen-bond donors (Lipinski definition) is 2. The van der Waals surface area contributed by atoms with Gasteiger partial charge in [0.1, 0.15) is 17.7 Å². The second-order valence-electron chi connectivity index (χ2n) is 4.90. The lowest BCUT2D eigenvalue weighted by atomic mass is 10.0. The van der Waals surface area contributed by atoms with E-state index in [4.69, 9.17) is 9.47 Å². The van der Waals surface area contributed by atoms with Crippen molar-refractivity contribution in [3.8, 4) is 0 Å². The van der Waals surface area contributed by atoms with Crippen LogP contribution in [0.3, 0.4) is 0 Å². The van der Waals surface area contributed by atoms with Crippen molar-refractivity contribution in [2.24, 2.45) is 0 Å². The number of esters is 1. The van der Waals surface area contributed by atoms with Crippen molar-refractivity contribution in [3.05, 3.63) is 0 Å². The number of carbonyl (C=O) groups is 2. The SMILES string of the molecule is CC(C)(C)OC(=O)NC1(CO)COC(=O)C1. The first kappa shape index (κ1) is 12.8. The van der Waals surface area contributed by atoms with E-state index < -0.39 is 23.2 Å². The van der Waals surface area contributed by atoms with Gasteiger partial charge in [0.25, 0.3) is 0 Å². The van der Waals surface area contributed by atoms with Gasteiger partial charge in [-0.25, -0.2) is 4.79 Å². The van der Waals surface area contributed by atoms with E-state index in [-0.39, 0.29) is 19.6 Å². The first-order valence-corrected chi connectivity index (χ1v) is 5.04. The molecule has 1 aliphatic heterocycles. The first-order chi connectivity index (χ1) is 7.26. The van der Waals surface area contributed by atoms with E-state index in [2.05, 4.69) is 5.32 Å². The molecule has 1 heterocycles. The molecular weight excluding hydrogens is 214 g/mol. The Hall–Kier alpha value is -1.30. The highest BCUT2D eigenvalue weighted by molar-refractivity contribution is 5.76. The van der Waals surface area contributed by atoms with Gasteiger partial charge in [-0.05, 0) is 20.8 Å². The molecule has 1 amide bonds. The van der Waals surface area contributed by atoms with Gasteiger partial charge in [0.05, 0.1) is 13.0 Å². The molecule has 0 radical (unpaired) electrons. The minimum Gasteiger partial charge on any atom is -0.463 e. The molecule has 0 aromatic carbocycles. The number of ether oxygens (including phenoxy) is 2. The standard InChI is InChI=1S/C10H17NO5/c1-9(2,3)16-8(14)11-10(5-12)4-7(13)15-6-10/h12H,4-6H2,1-3H3,(H,11,14). The molecule has 0 aromatic rings. The van der Waals surface area contributed by atoms with Crippen molar-refractivity contribution in [1.29, 1.82) is 0 Å². The molecule has 6 heteroatoms. The van der Waals surface area contributed by atoms with Gasteiger partial charge in [0, 0.05) is 0 Å². The molecule has 1 unspecified atom stereocenters. The van der Waals surface area contributed by atoms with E-state index in [1.54, 1.807) is 20.8 Å². The van der Waals surface area contributed by atoms with Gasteiger partial charge < -0.3 is 19.9 Å². The zero-order chi connectivity index (χ0) is 12.4. The van der Waals surface area contributed by atoms with Crippen molar-refractivity contribution in [2.75, 3.05) is 13.2 Å². The summed E-state index contributed by atoms with van der Waals surface area (Å²) >= 11 is 0. The Labute approximate surface area is 93.9 Å². The number of nitrogens with one attached hydrogen (secondary N) is 1. The number of aliphatic hydroxyl groups excluding tert-OH is 1. The second-order valence-corrected chi connectivity index (χ2v) is 4.90. The summed E-state index contributed by atoms with van der Waals surface area (Å²) < 4.78 is 9.76. The van der Waals surface area contributed by atoms with Crippen LogP contribution >= 0.6 is 0 Å². The highest BCUT2D eigenvalue weighted by Gasteiger charge is 2.42. The molecule has 0 aliphatic carbocycles. The first-order valence-electron chi connectivity index (χ1n) is 5.04. The average Bonchev–Trinajstić information content (AvgIpc) is 2.44. The molecule has 16 heavy (non-hydrogen) atoms. The lowest BCUT2D eigenvalue weighted by Crippen LogP contribution is -2.53. The summed E-state index contributed by atoms with van der Waals surface area (Å²) in [4.78, 5) is 22.4. The third-order valence-electron chi connectivity index (χ3n) is 2.06. The third-order valence-corrected chi connectivity index (χ3v) is 2.06. The zero-order valence-corrected chi connectivity index (χ0v) is 9.70. The number of aliphatic hydroxyl groups is 1. The summed E-state index contributed by atoms with van der Waals surface area (Å²) in [5, 5.41) is 11.7. The fourth-order valence-corrected chi connectivity index (χ4v) is 1.34. The maximum atomic E-state index is 11.5. The van der Waals surface area contributed by atoms with Crippen molar-refractivity contribution < 1.29 is 24.2 Å². The van der Waals surface area contributed by atoms with Crippen LogP contribution in [-0.4, -0.2) is 41.5 Å². The largest absolute Gasteiger partial charge is 0.463 e. The van der Waals surface area contributed by atoms with Crippen molar-refractivity contribution in [2.45, 2.75) is 38.3 Å². The fraction of sp³-hybridized carbons (Fsp3) is 0.800. The Balaban J connectivity index is 2.58. The predicted molar refractivity (Wildman–Crippen MR) is 54.8 cm³/mol. The van der Waals surface area contributed by atoms with E-state index in [0.717, 1.165) is 0 Å². The van der Waals surface area contributed by atoms with E-state index in [1.807, 2.05) is 0 Å². The quantitative estimate of drug-likeness (QED) is 0.663. The number of alkyl carbamates (subject to hydrolysis) is 1. The van der Waals surface area contributed by atoms with Gasteiger partial charge in [-0.15, -0.1) is 0 Å². The van der Waals surface area contributed by atoms with Crippen LogP contribution in [0.1, 0.15) is 27.2 Å². The lowest BCUT2D eigenvalue weighted by Gasteiger charge is -2.27. The van der Waals surface area contributed by atoms with Gasteiger partial charge in [0.15, 0.2) is 0 Å². The summed E-state index contributed by atoms with van der Waals surface area (Å²) in [5.74, 6) is -0.440. The number of carbonyl (C=O) groups excluding carboxylic acids is 2. The maximum Gasteiger partial charge on any atom is 0.408 e. The topological polar surface area (TPSA) is 84.9 Å². The van der Waals surface area contributed by atoms with Crippen molar-refractivity contribution >= 4 is 12.1 Å². The van der Waals surface area contributed by atoms with Gasteiger partial charge >= 0.3 is 12.1 Å². The number of amides is 1. The Morgan fingerprint density at radius 1 is 1.62 bits per heavy atom. The number of rotatable bonds is 2. The van der Waals surface area contributed by atoms with E-state index in [9.17, 15) is 14.7 Å². The van der Waals surface area contributed by atoms with Crippen LogP contribution in [0, 0.1) is 0 Å². The zero-order valence-electron chi connectivity index (χ0n) is 9.70. The lowest BCUT2D eigenvalue weighted by molar-refractivity contribution is -0.137. The summed E-state index contributed by atoms with van der Waals surface area (Å²) in [6, 6.07) is 0. The smallest absolute Gasteiger partial charge is 0.408 e. The summed E-state index contributed by atoms with van der Waals surface area (Å²) in [6.45, 7) is 4.80. The molecule has 2 N–H and O–H groups in total. The van der Waals surface area contributed by atoms with Crippen LogP contribution in [0.15, 0.2) is 0 Å². The summed E-state index contributed by atoms with van der Waals surface area (Å²) in [7, 11) is 0. The number of cyclic esters (lactones) is 1. The normalized spacial score (nSPS) is 25.1. The molecule has 0 aromatic heterocycles. The van der Waals surface area contributed by atoms with Crippen molar-refractivity contribution in [3.63, 3.8) is 0 Å². The number of hydrogen-bond acceptors (Lipinski definition) is 5. The molecule has 0 spiro atoms. The van der Waals surface area contributed by atoms with Crippen molar-refractivity contribution in [1.82, 2.24) is 5.32 Å². The molecule has 92 valence electrons. The van der Waals surface area contributed by atoms with Crippen LogP contribution in [0.4, 0.5) is 4.79 Å². The van der Waals surface area contributed by atoms with Gasteiger partial charge in [0.2, 0.25) is 0 Å². The molecular formula is C10H17NO5. The van der Waals surface area contributed by atoms with Gasteiger partial charge in [-0.1, -0.05) is 0 Å². The summed E-state index contributed by atoms with van der Waals surface area (Å²) in [6.07, 6.45) is -0.706. The molecule has 1 fully saturated rings. The van der Waals surface area contributed by atoms with Crippen LogP contribution < -0.4 is 5.32 Å². The van der Waals surface area contributed by atoms with E-state index >= 15 is 0 Å².